The first-order valence-electron chi connectivity index (χ1n) is 13.1. The van der Waals surface area contributed by atoms with Gasteiger partial charge in [0.1, 0.15) is 11.6 Å². The Hall–Kier alpha value is -2.19. The number of unbranched alkanes of at least 4 members (excludes halogenated alkanes) is 1. The third kappa shape index (κ3) is 4.79. The van der Waals surface area contributed by atoms with Gasteiger partial charge >= 0.3 is 5.97 Å². The molecular weight excluding hydrogens is 448 g/mol. The van der Waals surface area contributed by atoms with E-state index in [-0.39, 0.29) is 30.9 Å². The van der Waals surface area contributed by atoms with Crippen LogP contribution >= 0.6 is 0 Å². The van der Waals surface area contributed by atoms with Gasteiger partial charge in [-0.15, -0.1) is 13.2 Å². The monoisotopic (exact) mass is 490 g/mol. The molecular formula is C27H42N2O6. The van der Waals surface area contributed by atoms with Crippen LogP contribution in [0.5, 0.6) is 0 Å². The SMILES string of the molecule is C=CCCOC(=O)[C@@H]1[C@@H]2CCC3(O2)C(C(=O)N(CC=C)CCCC)N([C@@H](CO)[C@@H](C)CC)C(=O)[C@H]13. The van der Waals surface area contributed by atoms with Crippen molar-refractivity contribution < 1.29 is 29.0 Å². The standard InChI is InChI=1S/C27H42N2O6/c1-6-10-15-28(14-8-3)25(32)23-27-13-12-20(35-27)21(26(33)34-16-11-7-2)22(27)24(31)29(23)19(17-30)18(5)9-4/h7-8,18-23,30H,2-3,6,9-17H2,1,4-5H3/t18-,19-,20-,21+,22-,23?,27?/m0/s1. The van der Waals surface area contributed by atoms with Crippen molar-refractivity contribution in [1.82, 2.24) is 9.80 Å². The van der Waals surface area contributed by atoms with Crippen molar-refractivity contribution in [2.45, 2.75) is 83.1 Å². The molecule has 3 fully saturated rings. The van der Waals surface area contributed by atoms with Crippen LogP contribution < -0.4 is 0 Å². The zero-order valence-corrected chi connectivity index (χ0v) is 21.5. The van der Waals surface area contributed by atoms with Crippen molar-refractivity contribution in [2.24, 2.45) is 17.8 Å². The molecule has 8 nitrogen and oxygen atoms in total. The summed E-state index contributed by atoms with van der Waals surface area (Å²) in [6, 6.07) is -1.43. The van der Waals surface area contributed by atoms with Crippen molar-refractivity contribution in [2.75, 3.05) is 26.3 Å². The van der Waals surface area contributed by atoms with Gasteiger partial charge in [-0.2, -0.15) is 0 Å². The van der Waals surface area contributed by atoms with Gasteiger partial charge in [0.05, 0.1) is 37.2 Å². The summed E-state index contributed by atoms with van der Waals surface area (Å²) in [7, 11) is 0. The Morgan fingerprint density at radius 1 is 1.34 bits per heavy atom. The van der Waals surface area contributed by atoms with Gasteiger partial charge in [0.25, 0.3) is 0 Å². The van der Waals surface area contributed by atoms with Crippen LogP contribution in [0.4, 0.5) is 0 Å². The molecule has 2 bridgehead atoms. The molecule has 0 saturated carbocycles. The Bertz CT molecular complexity index is 815. The van der Waals surface area contributed by atoms with E-state index >= 15 is 0 Å². The minimum atomic E-state index is -1.09. The van der Waals surface area contributed by atoms with Crippen LogP contribution in [0.2, 0.25) is 0 Å². The number of hydrogen-bond donors (Lipinski definition) is 1. The van der Waals surface area contributed by atoms with Crippen LogP contribution in [0.3, 0.4) is 0 Å². The Labute approximate surface area is 209 Å². The molecule has 1 N–H and O–H groups in total. The number of likely N-dealkylation sites (tertiary alicyclic amines) is 1. The number of fused-ring (bicyclic) bond motifs is 1. The number of ether oxygens (including phenoxy) is 2. The Morgan fingerprint density at radius 2 is 2.09 bits per heavy atom. The summed E-state index contributed by atoms with van der Waals surface area (Å²) >= 11 is 0. The molecule has 35 heavy (non-hydrogen) atoms. The first-order chi connectivity index (χ1) is 16.8. The molecule has 0 aromatic rings. The van der Waals surface area contributed by atoms with Crippen molar-refractivity contribution in [1.29, 1.82) is 0 Å². The average molecular weight is 491 g/mol. The number of carbonyl (C=O) groups is 3. The van der Waals surface area contributed by atoms with Crippen LogP contribution in [-0.2, 0) is 23.9 Å². The van der Waals surface area contributed by atoms with Gasteiger partial charge in [-0.3, -0.25) is 14.4 Å². The largest absolute Gasteiger partial charge is 0.465 e. The lowest BCUT2D eigenvalue weighted by Gasteiger charge is -2.41. The van der Waals surface area contributed by atoms with Crippen LogP contribution in [0.1, 0.15) is 59.3 Å². The average Bonchev–Trinajstić information content (AvgIpc) is 3.49. The molecule has 196 valence electrons. The van der Waals surface area contributed by atoms with Crippen molar-refractivity contribution in [3.63, 3.8) is 0 Å². The molecule has 7 atom stereocenters. The fraction of sp³-hybridized carbons (Fsp3) is 0.741. The summed E-state index contributed by atoms with van der Waals surface area (Å²) in [4.78, 5) is 44.6. The van der Waals surface area contributed by atoms with E-state index in [2.05, 4.69) is 20.1 Å². The molecule has 0 radical (unpaired) electrons. The summed E-state index contributed by atoms with van der Waals surface area (Å²) < 4.78 is 11.9. The second-order valence-corrected chi connectivity index (χ2v) is 10.1. The van der Waals surface area contributed by atoms with Gasteiger partial charge in [0, 0.05) is 13.1 Å². The van der Waals surface area contributed by atoms with Gasteiger partial charge < -0.3 is 24.4 Å². The Kier molecular flexibility index (Phi) is 9.16. The maximum Gasteiger partial charge on any atom is 0.312 e. The number of amides is 2. The number of hydrogen-bond acceptors (Lipinski definition) is 6. The molecule has 8 heteroatoms. The fourth-order valence-corrected chi connectivity index (χ4v) is 6.12. The highest BCUT2D eigenvalue weighted by molar-refractivity contribution is 5.98. The Morgan fingerprint density at radius 3 is 2.69 bits per heavy atom. The van der Waals surface area contributed by atoms with Gasteiger partial charge in [-0.1, -0.05) is 45.8 Å². The summed E-state index contributed by atoms with van der Waals surface area (Å²) in [6.45, 7) is 14.3. The topological polar surface area (TPSA) is 96.4 Å². The van der Waals surface area contributed by atoms with E-state index in [1.807, 2.05) is 13.8 Å². The van der Waals surface area contributed by atoms with Gasteiger partial charge in [-0.05, 0) is 31.6 Å². The molecule has 0 aromatic carbocycles. The maximum absolute atomic E-state index is 14.1. The van der Waals surface area contributed by atoms with Crippen molar-refractivity contribution >= 4 is 17.8 Å². The van der Waals surface area contributed by atoms with E-state index in [9.17, 15) is 19.5 Å². The normalized spacial score (nSPS) is 30.6. The summed E-state index contributed by atoms with van der Waals surface area (Å²) in [5, 5.41) is 10.4. The first kappa shape index (κ1) is 27.4. The van der Waals surface area contributed by atoms with E-state index in [4.69, 9.17) is 9.47 Å². The maximum atomic E-state index is 14.1. The van der Waals surface area contributed by atoms with E-state index < -0.39 is 41.6 Å². The summed E-state index contributed by atoms with van der Waals surface area (Å²) in [6.07, 6.45) is 7.03. The highest BCUT2D eigenvalue weighted by Gasteiger charge is 2.75. The second-order valence-electron chi connectivity index (χ2n) is 10.1. The van der Waals surface area contributed by atoms with Crippen molar-refractivity contribution in [3.05, 3.63) is 25.3 Å². The molecule has 0 aromatic heterocycles. The van der Waals surface area contributed by atoms with Crippen LogP contribution in [-0.4, -0.2) is 82.8 Å². The lowest BCUT2D eigenvalue weighted by Crippen LogP contribution is -2.59. The van der Waals surface area contributed by atoms with Gasteiger partial charge in [0.2, 0.25) is 11.8 Å². The number of aliphatic hydroxyl groups is 1. The zero-order valence-electron chi connectivity index (χ0n) is 21.5. The third-order valence-electron chi connectivity index (χ3n) is 8.10. The lowest BCUT2D eigenvalue weighted by molar-refractivity contribution is -0.157. The molecule has 3 aliphatic rings. The molecule has 3 heterocycles. The summed E-state index contributed by atoms with van der Waals surface area (Å²) in [5.41, 5.74) is -1.09. The minimum Gasteiger partial charge on any atom is -0.465 e. The van der Waals surface area contributed by atoms with E-state index in [0.717, 1.165) is 19.3 Å². The molecule has 3 rings (SSSR count). The lowest BCUT2D eigenvalue weighted by atomic mass is 9.70. The van der Waals surface area contributed by atoms with Crippen LogP contribution in [0.15, 0.2) is 25.3 Å². The van der Waals surface area contributed by atoms with Gasteiger partial charge in [0.15, 0.2) is 0 Å². The molecule has 0 aliphatic carbocycles. The fourth-order valence-electron chi connectivity index (χ4n) is 6.12. The third-order valence-corrected chi connectivity index (χ3v) is 8.10. The number of rotatable bonds is 14. The number of aliphatic hydroxyl groups excluding tert-OH is 1. The van der Waals surface area contributed by atoms with Crippen LogP contribution in [0, 0.1) is 17.8 Å². The van der Waals surface area contributed by atoms with Crippen LogP contribution in [0.25, 0.3) is 0 Å². The number of nitrogens with zero attached hydrogens (tertiary/aromatic N) is 2. The predicted molar refractivity (Wildman–Crippen MR) is 132 cm³/mol. The molecule has 3 saturated heterocycles. The smallest absolute Gasteiger partial charge is 0.312 e. The van der Waals surface area contributed by atoms with E-state index in [1.165, 1.54) is 0 Å². The van der Waals surface area contributed by atoms with E-state index in [0.29, 0.717) is 32.4 Å². The molecule has 3 aliphatic heterocycles. The highest BCUT2D eigenvalue weighted by atomic mass is 16.6. The van der Waals surface area contributed by atoms with Crippen molar-refractivity contribution in [3.8, 4) is 0 Å². The number of carbonyl (C=O) groups excluding carboxylic acids is 3. The quantitative estimate of drug-likeness (QED) is 0.229. The van der Waals surface area contributed by atoms with E-state index in [1.54, 1.807) is 22.0 Å². The first-order valence-corrected chi connectivity index (χ1v) is 13.1. The van der Waals surface area contributed by atoms with Gasteiger partial charge in [-0.25, -0.2) is 0 Å². The second kappa shape index (κ2) is 11.7. The Balaban J connectivity index is 2.04. The molecule has 2 unspecified atom stereocenters. The predicted octanol–water partition coefficient (Wildman–Crippen LogP) is 2.70. The summed E-state index contributed by atoms with van der Waals surface area (Å²) in [5.74, 6) is -2.51. The highest BCUT2D eigenvalue weighted by Crippen LogP contribution is 2.59. The zero-order chi connectivity index (χ0) is 25.8. The molecule has 2 amide bonds. The minimum absolute atomic E-state index is 0.0341. The number of esters is 1. The molecule has 1 spiro atoms.